The van der Waals surface area contributed by atoms with Crippen molar-refractivity contribution in [3.8, 4) is 0 Å². The van der Waals surface area contributed by atoms with Gasteiger partial charge in [-0.25, -0.2) is 4.39 Å². The van der Waals surface area contributed by atoms with Gasteiger partial charge < -0.3 is 5.32 Å². The van der Waals surface area contributed by atoms with Gasteiger partial charge in [-0.2, -0.15) is 4.39 Å². The SMILES string of the molecule is CC1(NC(=O)c2cc(F)cc([N+](=O)[O-])c2F)CCCCC1. The minimum absolute atomic E-state index is 0.467. The van der Waals surface area contributed by atoms with Gasteiger partial charge in [0.2, 0.25) is 5.82 Å². The zero-order valence-electron chi connectivity index (χ0n) is 11.6. The minimum atomic E-state index is -1.31. The van der Waals surface area contributed by atoms with E-state index in [1.807, 2.05) is 6.92 Å². The summed E-state index contributed by atoms with van der Waals surface area (Å²) in [5, 5.41) is 13.3. The maximum atomic E-state index is 14.0. The highest BCUT2D eigenvalue weighted by Gasteiger charge is 2.31. The molecule has 1 aliphatic rings. The van der Waals surface area contributed by atoms with Crippen molar-refractivity contribution < 1.29 is 18.5 Å². The van der Waals surface area contributed by atoms with Crippen molar-refractivity contribution in [1.29, 1.82) is 0 Å². The Bertz CT molecular complexity index is 584. The number of carbonyl (C=O) groups is 1. The van der Waals surface area contributed by atoms with Crippen LogP contribution in [0.5, 0.6) is 0 Å². The van der Waals surface area contributed by atoms with Gasteiger partial charge in [0.25, 0.3) is 5.91 Å². The molecule has 2 rings (SSSR count). The summed E-state index contributed by atoms with van der Waals surface area (Å²) in [7, 11) is 0. The van der Waals surface area contributed by atoms with Crippen LogP contribution in [0.2, 0.25) is 0 Å². The molecule has 0 unspecified atom stereocenters. The van der Waals surface area contributed by atoms with E-state index in [0.717, 1.165) is 32.1 Å². The van der Waals surface area contributed by atoms with Gasteiger partial charge in [-0.1, -0.05) is 19.3 Å². The lowest BCUT2D eigenvalue weighted by Gasteiger charge is -2.34. The van der Waals surface area contributed by atoms with Crippen LogP contribution in [0.25, 0.3) is 0 Å². The van der Waals surface area contributed by atoms with Gasteiger partial charge in [-0.3, -0.25) is 14.9 Å². The summed E-state index contributed by atoms with van der Waals surface area (Å²) in [5.74, 6) is -3.14. The molecular weight excluding hydrogens is 282 g/mol. The number of nitro benzene ring substituents is 1. The average molecular weight is 298 g/mol. The summed E-state index contributed by atoms with van der Waals surface area (Å²) in [5.41, 5.74) is -2.15. The van der Waals surface area contributed by atoms with Crippen molar-refractivity contribution in [2.75, 3.05) is 0 Å². The molecule has 0 saturated heterocycles. The van der Waals surface area contributed by atoms with Gasteiger partial charge in [0.1, 0.15) is 5.82 Å². The van der Waals surface area contributed by atoms with Crippen molar-refractivity contribution in [1.82, 2.24) is 5.32 Å². The Morgan fingerprint density at radius 2 is 1.90 bits per heavy atom. The Morgan fingerprint density at radius 3 is 2.48 bits per heavy atom. The van der Waals surface area contributed by atoms with E-state index >= 15 is 0 Å². The molecule has 114 valence electrons. The summed E-state index contributed by atoms with van der Waals surface area (Å²) in [6, 6.07) is 1.15. The number of nitrogens with zero attached hydrogens (tertiary/aromatic N) is 1. The maximum absolute atomic E-state index is 14.0. The predicted octanol–water partition coefficient (Wildman–Crippen LogP) is 3.33. The number of hydrogen-bond donors (Lipinski definition) is 1. The van der Waals surface area contributed by atoms with Crippen LogP contribution in [0.3, 0.4) is 0 Å². The topological polar surface area (TPSA) is 72.2 Å². The molecule has 0 heterocycles. The Hall–Kier alpha value is -2.05. The van der Waals surface area contributed by atoms with Gasteiger partial charge in [0.05, 0.1) is 16.6 Å². The fourth-order valence-electron chi connectivity index (χ4n) is 2.67. The summed E-state index contributed by atoms with van der Waals surface area (Å²) in [6.07, 6.45) is 4.46. The smallest absolute Gasteiger partial charge is 0.308 e. The third-order valence-electron chi connectivity index (χ3n) is 3.83. The summed E-state index contributed by atoms with van der Waals surface area (Å²) >= 11 is 0. The van der Waals surface area contributed by atoms with Crippen LogP contribution in [0.1, 0.15) is 49.4 Å². The molecule has 21 heavy (non-hydrogen) atoms. The lowest BCUT2D eigenvalue weighted by molar-refractivity contribution is -0.387. The first-order chi connectivity index (χ1) is 9.82. The summed E-state index contributed by atoms with van der Waals surface area (Å²) in [4.78, 5) is 21.8. The molecule has 1 saturated carbocycles. The van der Waals surface area contributed by atoms with Crippen LogP contribution in [-0.2, 0) is 0 Å². The van der Waals surface area contributed by atoms with Crippen molar-refractivity contribution in [2.45, 2.75) is 44.6 Å². The Kier molecular flexibility index (Phi) is 4.20. The van der Waals surface area contributed by atoms with Crippen LogP contribution >= 0.6 is 0 Å². The summed E-state index contributed by atoms with van der Waals surface area (Å²) < 4.78 is 27.3. The molecule has 1 fully saturated rings. The fraction of sp³-hybridized carbons (Fsp3) is 0.500. The van der Waals surface area contributed by atoms with E-state index in [-0.39, 0.29) is 0 Å². The molecule has 0 atom stereocenters. The fourth-order valence-corrected chi connectivity index (χ4v) is 2.67. The number of amides is 1. The highest BCUT2D eigenvalue weighted by Crippen LogP contribution is 2.29. The lowest BCUT2D eigenvalue weighted by Crippen LogP contribution is -2.47. The number of carbonyl (C=O) groups excluding carboxylic acids is 1. The second-order valence-corrected chi connectivity index (χ2v) is 5.62. The monoisotopic (exact) mass is 298 g/mol. The van der Waals surface area contributed by atoms with Crippen molar-refractivity contribution in [3.05, 3.63) is 39.4 Å². The molecule has 1 aromatic carbocycles. The number of hydrogen-bond acceptors (Lipinski definition) is 3. The Balaban J connectivity index is 2.29. The van der Waals surface area contributed by atoms with Gasteiger partial charge in [0.15, 0.2) is 0 Å². The number of nitro groups is 1. The number of rotatable bonds is 3. The molecular formula is C14H16F2N2O3. The van der Waals surface area contributed by atoms with E-state index in [1.165, 1.54) is 0 Å². The second-order valence-electron chi connectivity index (χ2n) is 5.62. The standard InChI is InChI=1S/C14H16F2N2O3/c1-14(5-3-2-4-6-14)17-13(19)10-7-9(15)8-11(12(10)16)18(20)21/h7-8H,2-6H2,1H3,(H,17,19). The van der Waals surface area contributed by atoms with E-state index < -0.39 is 39.3 Å². The molecule has 7 heteroatoms. The minimum Gasteiger partial charge on any atom is -0.347 e. The van der Waals surface area contributed by atoms with E-state index in [1.54, 1.807) is 0 Å². The molecule has 0 spiro atoms. The first-order valence-electron chi connectivity index (χ1n) is 6.78. The zero-order chi connectivity index (χ0) is 15.6. The lowest BCUT2D eigenvalue weighted by atomic mass is 9.83. The van der Waals surface area contributed by atoms with E-state index in [4.69, 9.17) is 0 Å². The zero-order valence-corrected chi connectivity index (χ0v) is 11.6. The molecule has 5 nitrogen and oxygen atoms in total. The molecule has 0 aliphatic heterocycles. The average Bonchev–Trinajstić information content (AvgIpc) is 2.40. The number of benzene rings is 1. The molecule has 0 bridgehead atoms. The van der Waals surface area contributed by atoms with Crippen LogP contribution in [0, 0.1) is 21.7 Å². The van der Waals surface area contributed by atoms with Crippen molar-refractivity contribution >= 4 is 11.6 Å². The van der Waals surface area contributed by atoms with Crippen molar-refractivity contribution in [3.63, 3.8) is 0 Å². The van der Waals surface area contributed by atoms with E-state index in [0.29, 0.717) is 12.1 Å². The molecule has 1 amide bonds. The highest BCUT2D eigenvalue weighted by atomic mass is 19.1. The number of nitrogens with one attached hydrogen (secondary N) is 1. The van der Waals surface area contributed by atoms with Crippen LogP contribution < -0.4 is 5.32 Å². The van der Waals surface area contributed by atoms with Crippen molar-refractivity contribution in [2.24, 2.45) is 0 Å². The largest absolute Gasteiger partial charge is 0.347 e. The third-order valence-corrected chi connectivity index (χ3v) is 3.83. The molecule has 1 aliphatic carbocycles. The first kappa shape index (κ1) is 15.3. The highest BCUT2D eigenvalue weighted by molar-refractivity contribution is 5.95. The second kappa shape index (κ2) is 5.75. The van der Waals surface area contributed by atoms with Gasteiger partial charge in [0, 0.05) is 5.54 Å². The maximum Gasteiger partial charge on any atom is 0.308 e. The quantitative estimate of drug-likeness (QED) is 0.687. The molecule has 1 aromatic rings. The summed E-state index contributed by atoms with van der Waals surface area (Å²) in [6.45, 7) is 1.84. The van der Waals surface area contributed by atoms with Gasteiger partial charge in [-0.15, -0.1) is 0 Å². The van der Waals surface area contributed by atoms with Crippen LogP contribution in [0.4, 0.5) is 14.5 Å². The first-order valence-corrected chi connectivity index (χ1v) is 6.78. The van der Waals surface area contributed by atoms with Crippen LogP contribution in [-0.4, -0.2) is 16.4 Å². The third kappa shape index (κ3) is 3.34. The Morgan fingerprint density at radius 1 is 1.29 bits per heavy atom. The molecule has 0 aromatic heterocycles. The normalized spacial score (nSPS) is 17.3. The molecule has 0 radical (unpaired) electrons. The predicted molar refractivity (Wildman–Crippen MR) is 72.0 cm³/mol. The van der Waals surface area contributed by atoms with E-state index in [9.17, 15) is 23.7 Å². The van der Waals surface area contributed by atoms with E-state index in [2.05, 4.69) is 5.32 Å². The van der Waals surface area contributed by atoms with Gasteiger partial charge in [-0.05, 0) is 25.8 Å². The molecule has 1 N–H and O–H groups in total. The van der Waals surface area contributed by atoms with Gasteiger partial charge >= 0.3 is 5.69 Å². The van der Waals surface area contributed by atoms with Crippen LogP contribution in [0.15, 0.2) is 12.1 Å². The Labute approximate surface area is 120 Å². The number of halogens is 2.